The Morgan fingerprint density at radius 2 is 1.93 bits per heavy atom. The lowest BCUT2D eigenvalue weighted by molar-refractivity contribution is 0.0454. The molecule has 3 atom stereocenters. The van der Waals surface area contributed by atoms with Crippen LogP contribution in [0.5, 0.6) is 0 Å². The summed E-state index contributed by atoms with van der Waals surface area (Å²) in [6.45, 7) is 5.94. The Morgan fingerprint density at radius 1 is 1.13 bits per heavy atom. The summed E-state index contributed by atoms with van der Waals surface area (Å²) < 4.78 is 0. The molecule has 2 saturated heterocycles. The fourth-order valence-corrected chi connectivity index (χ4v) is 3.07. The van der Waals surface area contributed by atoms with E-state index in [0.717, 1.165) is 19.0 Å². The Kier molecular flexibility index (Phi) is 3.65. The van der Waals surface area contributed by atoms with E-state index < -0.39 is 0 Å². The minimum atomic E-state index is 0.391. The maximum Gasteiger partial charge on any atom is 0.0377 e. The van der Waals surface area contributed by atoms with Crippen LogP contribution in [0.1, 0.15) is 32.6 Å². The molecule has 2 fully saturated rings. The van der Waals surface area contributed by atoms with E-state index >= 15 is 0 Å². The first-order valence-electron chi connectivity index (χ1n) is 6.38. The molecule has 3 nitrogen and oxygen atoms in total. The van der Waals surface area contributed by atoms with Gasteiger partial charge in [0.05, 0.1) is 0 Å². The zero-order chi connectivity index (χ0) is 10.8. The molecule has 15 heavy (non-hydrogen) atoms. The number of likely N-dealkylation sites (N-methyl/N-ethyl adjacent to an activating group) is 1. The van der Waals surface area contributed by atoms with Crippen LogP contribution in [0.2, 0.25) is 0 Å². The fourth-order valence-electron chi connectivity index (χ4n) is 3.07. The van der Waals surface area contributed by atoms with Crippen molar-refractivity contribution in [3.05, 3.63) is 0 Å². The van der Waals surface area contributed by atoms with E-state index in [-0.39, 0.29) is 0 Å². The molecule has 0 spiro atoms. The first-order valence-corrected chi connectivity index (χ1v) is 6.38. The molecule has 0 aromatic carbocycles. The van der Waals surface area contributed by atoms with Crippen molar-refractivity contribution in [2.45, 2.75) is 50.7 Å². The molecule has 2 heterocycles. The van der Waals surface area contributed by atoms with Crippen molar-refractivity contribution in [1.82, 2.24) is 9.80 Å². The largest absolute Gasteiger partial charge is 0.326 e. The lowest BCUT2D eigenvalue weighted by Gasteiger charge is -2.46. The first-order chi connectivity index (χ1) is 7.18. The van der Waals surface area contributed by atoms with Crippen LogP contribution in [0.25, 0.3) is 0 Å². The highest BCUT2D eigenvalue weighted by atomic mass is 15.3. The molecule has 0 aliphatic carbocycles. The van der Waals surface area contributed by atoms with Crippen LogP contribution in [0, 0.1) is 0 Å². The van der Waals surface area contributed by atoms with Gasteiger partial charge in [-0.15, -0.1) is 0 Å². The van der Waals surface area contributed by atoms with E-state index in [1.807, 2.05) is 0 Å². The fraction of sp³-hybridized carbons (Fsp3) is 1.00. The molecular formula is C12H25N3. The summed E-state index contributed by atoms with van der Waals surface area (Å²) in [5.74, 6) is 0. The molecule has 0 bridgehead atoms. The summed E-state index contributed by atoms with van der Waals surface area (Å²) >= 11 is 0. The molecule has 3 unspecified atom stereocenters. The SMILES string of the molecule is CC1CCCCN1C1CN(C)CCC1N. The highest BCUT2D eigenvalue weighted by molar-refractivity contribution is 4.92. The molecule has 0 radical (unpaired) electrons. The predicted octanol–water partition coefficient (Wildman–Crippen LogP) is 0.892. The third-order valence-corrected chi connectivity index (χ3v) is 4.12. The maximum absolute atomic E-state index is 6.27. The zero-order valence-electron chi connectivity index (χ0n) is 10.2. The summed E-state index contributed by atoms with van der Waals surface area (Å²) in [7, 11) is 2.22. The van der Waals surface area contributed by atoms with Crippen molar-refractivity contribution in [2.24, 2.45) is 5.73 Å². The van der Waals surface area contributed by atoms with Crippen LogP contribution in [0.15, 0.2) is 0 Å². The summed E-state index contributed by atoms with van der Waals surface area (Å²) in [4.78, 5) is 5.08. The second-order valence-corrected chi connectivity index (χ2v) is 5.36. The van der Waals surface area contributed by atoms with E-state index in [2.05, 4.69) is 23.8 Å². The average molecular weight is 211 g/mol. The van der Waals surface area contributed by atoms with Gasteiger partial charge in [-0.2, -0.15) is 0 Å². The van der Waals surface area contributed by atoms with Gasteiger partial charge in [0.15, 0.2) is 0 Å². The van der Waals surface area contributed by atoms with Gasteiger partial charge >= 0.3 is 0 Å². The molecular weight excluding hydrogens is 186 g/mol. The van der Waals surface area contributed by atoms with Crippen LogP contribution in [0.3, 0.4) is 0 Å². The standard InChI is InChI=1S/C12H25N3/c1-10-5-3-4-7-15(10)12-9-14(2)8-6-11(12)13/h10-12H,3-9,13H2,1-2H3. The third-order valence-electron chi connectivity index (χ3n) is 4.12. The maximum atomic E-state index is 6.27. The number of piperidine rings is 2. The van der Waals surface area contributed by atoms with Crippen LogP contribution in [-0.2, 0) is 0 Å². The monoisotopic (exact) mass is 211 g/mol. The van der Waals surface area contributed by atoms with Crippen molar-refractivity contribution in [3.63, 3.8) is 0 Å². The smallest absolute Gasteiger partial charge is 0.0377 e. The highest BCUT2D eigenvalue weighted by Crippen LogP contribution is 2.23. The summed E-state index contributed by atoms with van der Waals surface area (Å²) in [5.41, 5.74) is 6.27. The van der Waals surface area contributed by atoms with Crippen LogP contribution in [0.4, 0.5) is 0 Å². The summed E-state index contributed by atoms with van der Waals surface area (Å²) in [6.07, 6.45) is 5.27. The minimum absolute atomic E-state index is 0.391. The van der Waals surface area contributed by atoms with Gasteiger partial charge in [-0.1, -0.05) is 6.42 Å². The molecule has 0 amide bonds. The number of hydrogen-bond donors (Lipinski definition) is 1. The van der Waals surface area contributed by atoms with Crippen molar-refractivity contribution in [3.8, 4) is 0 Å². The Bertz CT molecular complexity index is 207. The minimum Gasteiger partial charge on any atom is -0.326 e. The quantitative estimate of drug-likeness (QED) is 0.699. The van der Waals surface area contributed by atoms with E-state index in [1.54, 1.807) is 0 Å². The molecule has 0 aromatic heterocycles. The highest BCUT2D eigenvalue weighted by Gasteiger charge is 2.33. The molecule has 2 aliphatic rings. The van der Waals surface area contributed by atoms with Gasteiger partial charge in [-0.3, -0.25) is 4.90 Å². The van der Waals surface area contributed by atoms with Crippen molar-refractivity contribution in [1.29, 1.82) is 0 Å². The number of nitrogens with zero attached hydrogens (tertiary/aromatic N) is 2. The van der Waals surface area contributed by atoms with Gasteiger partial charge in [0, 0.05) is 24.7 Å². The molecule has 0 saturated carbocycles. The van der Waals surface area contributed by atoms with Gasteiger partial charge in [-0.05, 0) is 46.3 Å². The molecule has 2 rings (SSSR count). The first kappa shape index (κ1) is 11.4. The second kappa shape index (κ2) is 4.81. The Morgan fingerprint density at radius 3 is 2.67 bits per heavy atom. The third kappa shape index (κ3) is 2.52. The second-order valence-electron chi connectivity index (χ2n) is 5.36. The van der Waals surface area contributed by atoms with Crippen molar-refractivity contribution in [2.75, 3.05) is 26.7 Å². The Balaban J connectivity index is 1.99. The number of nitrogens with two attached hydrogens (primary N) is 1. The Hall–Kier alpha value is -0.120. The zero-order valence-corrected chi connectivity index (χ0v) is 10.2. The van der Waals surface area contributed by atoms with E-state index in [4.69, 9.17) is 5.73 Å². The molecule has 3 heteroatoms. The Labute approximate surface area is 93.6 Å². The lowest BCUT2D eigenvalue weighted by Crippen LogP contribution is -2.60. The van der Waals surface area contributed by atoms with Crippen LogP contribution in [-0.4, -0.2) is 54.6 Å². The van der Waals surface area contributed by atoms with E-state index in [9.17, 15) is 0 Å². The molecule has 2 aliphatic heterocycles. The van der Waals surface area contributed by atoms with Gasteiger partial charge < -0.3 is 10.6 Å². The molecule has 2 N–H and O–H groups in total. The molecule has 88 valence electrons. The van der Waals surface area contributed by atoms with Crippen LogP contribution < -0.4 is 5.73 Å². The van der Waals surface area contributed by atoms with Crippen LogP contribution >= 0.6 is 0 Å². The van der Waals surface area contributed by atoms with Gasteiger partial charge in [0.2, 0.25) is 0 Å². The van der Waals surface area contributed by atoms with E-state index in [1.165, 1.54) is 32.4 Å². The molecule has 0 aromatic rings. The van der Waals surface area contributed by atoms with Gasteiger partial charge in [0.25, 0.3) is 0 Å². The number of hydrogen-bond acceptors (Lipinski definition) is 3. The van der Waals surface area contributed by atoms with Crippen molar-refractivity contribution < 1.29 is 0 Å². The summed E-state index contributed by atoms with van der Waals surface area (Å²) in [6, 6.07) is 1.72. The topological polar surface area (TPSA) is 32.5 Å². The summed E-state index contributed by atoms with van der Waals surface area (Å²) in [5, 5.41) is 0. The number of rotatable bonds is 1. The normalized spacial score (nSPS) is 40.6. The lowest BCUT2D eigenvalue weighted by atomic mass is 9.94. The van der Waals surface area contributed by atoms with Gasteiger partial charge in [0.1, 0.15) is 0 Å². The average Bonchev–Trinajstić information content (AvgIpc) is 2.23. The van der Waals surface area contributed by atoms with Crippen molar-refractivity contribution >= 4 is 0 Å². The van der Waals surface area contributed by atoms with Gasteiger partial charge in [-0.25, -0.2) is 0 Å². The van der Waals surface area contributed by atoms with E-state index in [0.29, 0.717) is 12.1 Å². The number of likely N-dealkylation sites (tertiary alicyclic amines) is 2. The predicted molar refractivity (Wildman–Crippen MR) is 63.9 cm³/mol.